The minimum atomic E-state index is -0.165. The Kier molecular flexibility index (Phi) is 5.35. The monoisotopic (exact) mass is 335 g/mol. The number of carbonyl (C=O) groups is 1. The average Bonchev–Trinajstić information content (AvgIpc) is 3.25. The topological polar surface area (TPSA) is 92.9 Å². The van der Waals surface area contributed by atoms with E-state index in [1.807, 2.05) is 12.3 Å². The summed E-state index contributed by atoms with van der Waals surface area (Å²) in [5, 5.41) is 12.4. The molecule has 0 saturated heterocycles. The number of anilines is 1. The molecule has 1 aliphatic carbocycles. The van der Waals surface area contributed by atoms with Crippen molar-refractivity contribution in [2.24, 2.45) is 0 Å². The fourth-order valence-corrected chi connectivity index (χ4v) is 3.28. The van der Waals surface area contributed by atoms with Gasteiger partial charge in [0.25, 0.3) is 0 Å². The van der Waals surface area contributed by atoms with Gasteiger partial charge in [0, 0.05) is 17.5 Å². The van der Waals surface area contributed by atoms with E-state index in [1.54, 1.807) is 6.20 Å². The summed E-state index contributed by atoms with van der Waals surface area (Å²) in [5.74, 6) is 1.62. The van der Waals surface area contributed by atoms with Crippen molar-refractivity contribution in [3.63, 3.8) is 0 Å². The van der Waals surface area contributed by atoms with Crippen LogP contribution in [0, 0.1) is 0 Å². The molecule has 1 aliphatic rings. The first-order chi connectivity index (χ1) is 11.2. The van der Waals surface area contributed by atoms with E-state index in [9.17, 15) is 4.79 Å². The van der Waals surface area contributed by atoms with Crippen molar-refractivity contribution in [2.45, 2.75) is 51.0 Å². The van der Waals surface area contributed by atoms with Crippen LogP contribution in [0.2, 0.25) is 0 Å². The molecule has 1 amide bonds. The maximum Gasteiger partial charge on any atom is 0.243 e. The fraction of sp³-hybridized carbons (Fsp3) is 0.600. The number of aromatic nitrogens is 3. The van der Waals surface area contributed by atoms with Crippen LogP contribution >= 0.6 is 11.3 Å². The lowest BCUT2D eigenvalue weighted by molar-refractivity contribution is -0.115. The molecule has 1 fully saturated rings. The molecule has 2 heterocycles. The second kappa shape index (κ2) is 7.65. The van der Waals surface area contributed by atoms with Crippen LogP contribution in [0.25, 0.3) is 0 Å². The highest BCUT2D eigenvalue weighted by molar-refractivity contribution is 7.13. The number of hydrogen-bond donors (Lipinski definition) is 2. The van der Waals surface area contributed by atoms with E-state index in [2.05, 4.69) is 25.8 Å². The van der Waals surface area contributed by atoms with Crippen molar-refractivity contribution in [2.75, 3.05) is 11.9 Å². The highest BCUT2D eigenvalue weighted by Crippen LogP contribution is 2.31. The molecule has 0 aromatic carbocycles. The highest BCUT2D eigenvalue weighted by atomic mass is 32.1. The normalized spacial score (nSPS) is 17.1. The van der Waals surface area contributed by atoms with Crippen LogP contribution in [0.15, 0.2) is 16.1 Å². The molecule has 2 N–H and O–H groups in total. The molecule has 0 bridgehead atoms. The van der Waals surface area contributed by atoms with Gasteiger partial charge in [0.05, 0.1) is 12.6 Å². The Morgan fingerprint density at radius 3 is 3.00 bits per heavy atom. The van der Waals surface area contributed by atoms with Crippen molar-refractivity contribution in [3.8, 4) is 0 Å². The number of thiazole rings is 1. The quantitative estimate of drug-likeness (QED) is 0.843. The zero-order chi connectivity index (χ0) is 16.1. The molecule has 0 radical (unpaired) electrons. The molecule has 2 aromatic rings. The summed E-state index contributed by atoms with van der Waals surface area (Å²) in [6.45, 7) is 2.08. The van der Waals surface area contributed by atoms with Gasteiger partial charge in [-0.1, -0.05) is 24.4 Å². The summed E-state index contributed by atoms with van der Waals surface area (Å²) in [6, 6.07) is -0.165. The zero-order valence-corrected chi connectivity index (χ0v) is 13.9. The lowest BCUT2D eigenvalue weighted by Crippen LogP contribution is -2.30. The number of amides is 1. The van der Waals surface area contributed by atoms with Crippen LogP contribution in [-0.2, 0) is 4.79 Å². The maximum atomic E-state index is 11.8. The van der Waals surface area contributed by atoms with Gasteiger partial charge in [0.2, 0.25) is 11.8 Å². The second-order valence-electron chi connectivity index (χ2n) is 5.81. The molecule has 7 nitrogen and oxygen atoms in total. The number of nitrogens with one attached hydrogen (secondary N) is 2. The Morgan fingerprint density at radius 1 is 1.43 bits per heavy atom. The van der Waals surface area contributed by atoms with Crippen LogP contribution in [0.3, 0.4) is 0 Å². The van der Waals surface area contributed by atoms with Crippen molar-refractivity contribution in [1.29, 1.82) is 0 Å². The third kappa shape index (κ3) is 4.35. The van der Waals surface area contributed by atoms with Gasteiger partial charge in [-0.3, -0.25) is 10.1 Å². The lowest BCUT2D eigenvalue weighted by atomic mass is 9.89. The van der Waals surface area contributed by atoms with Crippen LogP contribution in [-0.4, -0.2) is 27.6 Å². The molecule has 0 spiro atoms. The molecule has 1 unspecified atom stereocenters. The summed E-state index contributed by atoms with van der Waals surface area (Å²) in [7, 11) is 0. The van der Waals surface area contributed by atoms with Gasteiger partial charge >= 0.3 is 0 Å². The number of hydrogen-bond acceptors (Lipinski definition) is 7. The molecular weight excluding hydrogens is 314 g/mol. The van der Waals surface area contributed by atoms with Crippen LogP contribution in [0.1, 0.15) is 62.7 Å². The molecule has 23 heavy (non-hydrogen) atoms. The molecule has 8 heteroatoms. The Bertz CT molecular complexity index is 622. The van der Waals surface area contributed by atoms with Gasteiger partial charge in [-0.25, -0.2) is 4.98 Å². The lowest BCUT2D eigenvalue weighted by Gasteiger charge is -2.17. The van der Waals surface area contributed by atoms with E-state index in [-0.39, 0.29) is 18.5 Å². The largest absolute Gasteiger partial charge is 0.338 e. The number of carbonyl (C=O) groups excluding carboxylic acids is 1. The summed E-state index contributed by atoms with van der Waals surface area (Å²) in [5.41, 5.74) is 0. The second-order valence-corrected chi connectivity index (χ2v) is 6.71. The molecule has 3 rings (SSSR count). The molecule has 1 saturated carbocycles. The summed E-state index contributed by atoms with van der Waals surface area (Å²) in [4.78, 5) is 20.3. The first-order valence-corrected chi connectivity index (χ1v) is 8.86. The summed E-state index contributed by atoms with van der Waals surface area (Å²) >= 11 is 1.39. The predicted molar refractivity (Wildman–Crippen MR) is 87.3 cm³/mol. The minimum Gasteiger partial charge on any atom is -0.338 e. The van der Waals surface area contributed by atoms with E-state index in [0.717, 1.165) is 18.7 Å². The zero-order valence-electron chi connectivity index (χ0n) is 13.1. The minimum absolute atomic E-state index is 0.140. The van der Waals surface area contributed by atoms with Crippen LogP contribution in [0.4, 0.5) is 5.13 Å². The Labute approximate surface area is 138 Å². The Hall–Kier alpha value is -1.80. The number of nitrogens with zero attached hydrogens (tertiary/aromatic N) is 3. The van der Waals surface area contributed by atoms with Gasteiger partial charge in [0.1, 0.15) is 0 Å². The van der Waals surface area contributed by atoms with E-state index in [1.165, 1.54) is 30.6 Å². The van der Waals surface area contributed by atoms with Gasteiger partial charge in [0.15, 0.2) is 11.0 Å². The van der Waals surface area contributed by atoms with Gasteiger partial charge in [-0.2, -0.15) is 4.98 Å². The van der Waals surface area contributed by atoms with E-state index >= 15 is 0 Å². The summed E-state index contributed by atoms with van der Waals surface area (Å²) < 4.78 is 5.35. The molecule has 1 atom stereocenters. The van der Waals surface area contributed by atoms with Crippen LogP contribution in [0.5, 0.6) is 0 Å². The number of rotatable bonds is 6. The predicted octanol–water partition coefficient (Wildman–Crippen LogP) is 2.86. The SMILES string of the molecule is CC(NCC(=O)Nc1nccs1)c1nc(C2CCCCC2)no1. The van der Waals surface area contributed by atoms with E-state index in [0.29, 0.717) is 16.9 Å². The first-order valence-electron chi connectivity index (χ1n) is 7.98. The van der Waals surface area contributed by atoms with Gasteiger partial charge in [-0.15, -0.1) is 11.3 Å². The van der Waals surface area contributed by atoms with Crippen molar-refractivity contribution in [1.82, 2.24) is 20.4 Å². The molecule has 0 aliphatic heterocycles. The van der Waals surface area contributed by atoms with Crippen molar-refractivity contribution in [3.05, 3.63) is 23.3 Å². The van der Waals surface area contributed by atoms with Crippen molar-refractivity contribution < 1.29 is 9.32 Å². The van der Waals surface area contributed by atoms with E-state index in [4.69, 9.17) is 4.52 Å². The maximum absolute atomic E-state index is 11.8. The fourth-order valence-electron chi connectivity index (χ4n) is 2.73. The van der Waals surface area contributed by atoms with E-state index < -0.39 is 0 Å². The first kappa shape index (κ1) is 16.1. The average molecular weight is 335 g/mol. The van der Waals surface area contributed by atoms with Crippen LogP contribution < -0.4 is 10.6 Å². The third-order valence-corrected chi connectivity index (χ3v) is 4.73. The Balaban J connectivity index is 1.49. The molecule has 124 valence electrons. The van der Waals surface area contributed by atoms with Gasteiger partial charge in [-0.05, 0) is 19.8 Å². The highest BCUT2D eigenvalue weighted by Gasteiger charge is 2.22. The standard InChI is InChI=1S/C15H21N5O2S/c1-10(17-9-12(21)18-15-16-7-8-23-15)14-19-13(20-22-14)11-5-3-2-4-6-11/h7-8,10-11,17H,2-6,9H2,1H3,(H,16,18,21). The smallest absolute Gasteiger partial charge is 0.243 e. The Morgan fingerprint density at radius 2 is 2.26 bits per heavy atom. The van der Waals surface area contributed by atoms with Crippen molar-refractivity contribution >= 4 is 22.4 Å². The summed E-state index contributed by atoms with van der Waals surface area (Å²) in [6.07, 6.45) is 7.70. The van der Waals surface area contributed by atoms with Gasteiger partial charge < -0.3 is 9.84 Å². The molecule has 2 aromatic heterocycles. The molecular formula is C15H21N5O2S. The third-order valence-electron chi connectivity index (χ3n) is 4.05.